The molecule has 1 aliphatic heterocycles. The number of aryl methyl sites for hydroxylation is 1. The summed E-state index contributed by atoms with van der Waals surface area (Å²) in [5.74, 6) is -0.102. The van der Waals surface area contributed by atoms with E-state index in [0.717, 1.165) is 22.5 Å². The molecule has 2 aromatic rings. The first-order chi connectivity index (χ1) is 17.0. The Balaban J connectivity index is 1.18. The lowest BCUT2D eigenvalue weighted by Gasteiger charge is -2.35. The van der Waals surface area contributed by atoms with E-state index < -0.39 is 17.9 Å². The number of fused-ring (bicyclic) bond motifs is 1. The Morgan fingerprint density at radius 2 is 1.94 bits per heavy atom. The fraction of sp³-hybridized carbons (Fsp3) is 0.739. The van der Waals surface area contributed by atoms with Gasteiger partial charge in [0.15, 0.2) is 6.10 Å². The maximum atomic E-state index is 15.5. The number of rotatable bonds is 8. The van der Waals surface area contributed by atoms with Crippen LogP contribution < -0.4 is 10.1 Å². The van der Waals surface area contributed by atoms with E-state index in [-0.39, 0.29) is 23.6 Å². The van der Waals surface area contributed by atoms with Crippen LogP contribution in [0.3, 0.4) is 0 Å². The van der Waals surface area contributed by atoms with Crippen molar-refractivity contribution in [3.63, 3.8) is 0 Å². The van der Waals surface area contributed by atoms with Crippen LogP contribution in [0.1, 0.15) is 59.6 Å². The Labute approximate surface area is 215 Å². The van der Waals surface area contributed by atoms with Crippen molar-refractivity contribution in [2.75, 3.05) is 19.6 Å². The second-order valence-corrected chi connectivity index (χ2v) is 11.9. The average Bonchev–Trinajstić information content (AvgIpc) is 3.34. The number of hydrogen-bond donors (Lipinski definition) is 1. The van der Waals surface area contributed by atoms with Crippen LogP contribution in [0.4, 0.5) is 17.6 Å². The summed E-state index contributed by atoms with van der Waals surface area (Å²) in [6.07, 6.45) is -2.37. The van der Waals surface area contributed by atoms with Crippen molar-refractivity contribution >= 4 is 28.6 Å². The van der Waals surface area contributed by atoms with Gasteiger partial charge >= 0.3 is 6.18 Å². The third-order valence-corrected chi connectivity index (χ3v) is 8.71. The van der Waals surface area contributed by atoms with Crippen LogP contribution in [-0.2, 0) is 24.1 Å². The van der Waals surface area contributed by atoms with Crippen LogP contribution >= 0.6 is 22.7 Å². The first-order valence-electron chi connectivity index (χ1n) is 12.2. The Kier molecular flexibility index (Phi) is 8.50. The largest absolute Gasteiger partial charge is 0.457 e. The Morgan fingerprint density at radius 1 is 1.22 bits per heavy atom. The Morgan fingerprint density at radius 3 is 2.61 bits per heavy atom. The van der Waals surface area contributed by atoms with Crippen LogP contribution in [0.15, 0.2) is 0 Å². The van der Waals surface area contributed by atoms with Crippen LogP contribution in [0, 0.1) is 6.92 Å². The molecular formula is C23H31F4N5O2S2. The molecule has 2 aromatic heterocycles. The number of nitrogens with one attached hydrogen (secondary N) is 1. The summed E-state index contributed by atoms with van der Waals surface area (Å²) in [5, 5.41) is 12.5. The lowest BCUT2D eigenvalue weighted by Crippen LogP contribution is -2.43. The van der Waals surface area contributed by atoms with Gasteiger partial charge in [0.05, 0.1) is 12.1 Å². The van der Waals surface area contributed by atoms with E-state index in [1.165, 1.54) is 22.7 Å². The molecule has 4 rings (SSSR count). The number of hydrogen-bond acceptors (Lipinski definition) is 8. The lowest BCUT2D eigenvalue weighted by atomic mass is 9.81. The molecule has 0 saturated heterocycles. The summed E-state index contributed by atoms with van der Waals surface area (Å²) < 4.78 is 58.7. The van der Waals surface area contributed by atoms with Gasteiger partial charge in [0.1, 0.15) is 15.7 Å². The first-order valence-corrected chi connectivity index (χ1v) is 13.8. The minimum atomic E-state index is -4.43. The number of halogens is 4. The van der Waals surface area contributed by atoms with Crippen molar-refractivity contribution in [1.29, 1.82) is 0 Å². The van der Waals surface area contributed by atoms with Crippen molar-refractivity contribution in [2.45, 2.75) is 89.2 Å². The molecule has 200 valence electrons. The molecular weight excluding hydrogens is 518 g/mol. The van der Waals surface area contributed by atoms with Crippen molar-refractivity contribution in [3.8, 4) is 5.19 Å². The predicted molar refractivity (Wildman–Crippen MR) is 129 cm³/mol. The third-order valence-electron chi connectivity index (χ3n) is 6.82. The van der Waals surface area contributed by atoms with Crippen LogP contribution in [0.25, 0.3) is 0 Å². The maximum Gasteiger partial charge on any atom is 0.425 e. The molecule has 36 heavy (non-hydrogen) atoms. The number of aromatic nitrogens is 3. The number of alkyl halides is 4. The molecule has 3 heterocycles. The summed E-state index contributed by atoms with van der Waals surface area (Å²) in [6.45, 7) is 4.84. The smallest absolute Gasteiger partial charge is 0.425 e. The zero-order chi connectivity index (χ0) is 25.9. The van der Waals surface area contributed by atoms with Crippen molar-refractivity contribution < 1.29 is 27.1 Å². The van der Waals surface area contributed by atoms with Crippen molar-refractivity contribution in [1.82, 2.24) is 25.4 Å². The molecule has 13 heteroatoms. The van der Waals surface area contributed by atoms with Crippen molar-refractivity contribution in [2.24, 2.45) is 0 Å². The molecule has 0 radical (unpaired) electrons. The van der Waals surface area contributed by atoms with Crippen molar-refractivity contribution in [3.05, 3.63) is 20.6 Å². The number of thiazole rings is 1. The summed E-state index contributed by atoms with van der Waals surface area (Å²) in [6, 6.07) is -0.0212. The standard InChI is InChI=1S/C23H31F4N5O2S2/c1-14(23(25,26)27)34-21-29-17-5-10-32(11-6-18(17)36-21)12-9-22(24)7-3-16(4-8-22)28-19(33)13-20-31-30-15(2)35-20/h14,16H,3-13H2,1-2H3,(H,28,33)/t14-,16-,22+/m1/s1. The minimum absolute atomic E-state index is 0.0212. The molecule has 2 aliphatic rings. The lowest BCUT2D eigenvalue weighted by molar-refractivity contribution is -0.189. The molecule has 1 amide bonds. The van der Waals surface area contributed by atoms with E-state index >= 15 is 4.39 Å². The zero-order valence-corrected chi connectivity index (χ0v) is 22.0. The quantitative estimate of drug-likeness (QED) is 0.491. The van der Waals surface area contributed by atoms with E-state index in [9.17, 15) is 18.0 Å². The minimum Gasteiger partial charge on any atom is -0.457 e. The summed E-state index contributed by atoms with van der Waals surface area (Å²) >= 11 is 2.57. The van der Waals surface area contributed by atoms with Gasteiger partial charge in [0, 0.05) is 37.0 Å². The Hall–Kier alpha value is -1.86. The second-order valence-electron chi connectivity index (χ2n) is 9.63. The highest BCUT2D eigenvalue weighted by molar-refractivity contribution is 7.13. The molecule has 1 atom stereocenters. The van der Waals surface area contributed by atoms with Crippen LogP contribution in [0.2, 0.25) is 0 Å². The van der Waals surface area contributed by atoms with Crippen LogP contribution in [0.5, 0.6) is 5.19 Å². The monoisotopic (exact) mass is 549 g/mol. The normalized spacial score (nSPS) is 24.1. The maximum absolute atomic E-state index is 15.5. The molecule has 1 saturated carbocycles. The molecule has 1 fully saturated rings. The second kappa shape index (κ2) is 11.3. The first kappa shape index (κ1) is 27.2. The van der Waals surface area contributed by atoms with Gasteiger partial charge in [0.2, 0.25) is 5.91 Å². The van der Waals surface area contributed by atoms with Gasteiger partial charge in [-0.2, -0.15) is 13.2 Å². The third kappa shape index (κ3) is 7.34. The van der Waals surface area contributed by atoms with E-state index in [4.69, 9.17) is 4.74 Å². The fourth-order valence-corrected chi connectivity index (χ4v) is 6.32. The highest BCUT2D eigenvalue weighted by Crippen LogP contribution is 2.36. The summed E-state index contributed by atoms with van der Waals surface area (Å²) in [5.41, 5.74) is -0.469. The van der Waals surface area contributed by atoms with Crippen LogP contribution in [-0.4, -0.2) is 69.6 Å². The van der Waals surface area contributed by atoms with Gasteiger partial charge in [-0.1, -0.05) is 11.3 Å². The highest BCUT2D eigenvalue weighted by atomic mass is 32.1. The van der Waals surface area contributed by atoms with Gasteiger partial charge in [0.25, 0.3) is 5.19 Å². The Bertz CT molecular complexity index is 1010. The van der Waals surface area contributed by atoms with E-state index in [1.807, 2.05) is 6.92 Å². The highest BCUT2D eigenvalue weighted by Gasteiger charge is 2.39. The van der Waals surface area contributed by atoms with Gasteiger partial charge in [-0.05, 0) is 52.4 Å². The molecule has 7 nitrogen and oxygen atoms in total. The zero-order valence-electron chi connectivity index (χ0n) is 20.4. The topological polar surface area (TPSA) is 80.2 Å². The fourth-order valence-electron chi connectivity index (χ4n) is 4.59. The van der Waals surface area contributed by atoms with Gasteiger partial charge in [-0.3, -0.25) is 4.79 Å². The summed E-state index contributed by atoms with van der Waals surface area (Å²) in [7, 11) is 0. The molecule has 1 aliphatic carbocycles. The number of amides is 1. The molecule has 0 unspecified atom stereocenters. The van der Waals surface area contributed by atoms with Gasteiger partial charge < -0.3 is 15.0 Å². The number of nitrogens with zero attached hydrogens (tertiary/aromatic N) is 4. The SMILES string of the molecule is Cc1nnc(CC(=O)N[C@H]2CC[C@](F)(CCN3CCc4nc(O[C@H](C)C(F)(F)F)sc4CC3)CC2)s1. The van der Waals surface area contributed by atoms with E-state index in [0.29, 0.717) is 69.6 Å². The van der Waals surface area contributed by atoms with Gasteiger partial charge in [-0.15, -0.1) is 21.5 Å². The molecule has 1 N–H and O–H groups in total. The number of carbonyl (C=O) groups excluding carboxylic acids is 1. The molecule has 0 bridgehead atoms. The summed E-state index contributed by atoms with van der Waals surface area (Å²) in [4.78, 5) is 19.7. The predicted octanol–water partition coefficient (Wildman–Crippen LogP) is 4.43. The van der Waals surface area contributed by atoms with E-state index in [1.54, 1.807) is 0 Å². The average molecular weight is 550 g/mol. The number of carbonyl (C=O) groups is 1. The molecule has 0 aromatic carbocycles. The molecule has 0 spiro atoms. The van der Waals surface area contributed by atoms with Gasteiger partial charge in [-0.25, -0.2) is 9.37 Å². The van der Waals surface area contributed by atoms with E-state index in [2.05, 4.69) is 25.4 Å². The number of ether oxygens (including phenoxy) is 1.